The lowest BCUT2D eigenvalue weighted by atomic mass is 10.1. The molecule has 0 amide bonds. The third-order valence-corrected chi connectivity index (χ3v) is 2.89. The molecule has 90 valence electrons. The van der Waals surface area contributed by atoms with E-state index in [0.717, 1.165) is 31.6 Å². The molecule has 0 aliphatic heterocycles. The molecule has 0 bridgehead atoms. The Morgan fingerprint density at radius 3 is 2.75 bits per heavy atom. The Morgan fingerprint density at radius 2 is 2.06 bits per heavy atom. The summed E-state index contributed by atoms with van der Waals surface area (Å²) < 4.78 is 5.80. The summed E-state index contributed by atoms with van der Waals surface area (Å²) in [5, 5.41) is 3.23. The molecule has 2 heteroatoms. The molecule has 1 aromatic rings. The molecule has 0 saturated carbocycles. The van der Waals surface area contributed by atoms with E-state index in [1.807, 2.05) is 13.1 Å². The summed E-state index contributed by atoms with van der Waals surface area (Å²) in [6, 6.07) is 8.86. The van der Waals surface area contributed by atoms with Crippen molar-refractivity contribution in [2.24, 2.45) is 0 Å². The molecule has 0 heterocycles. The minimum atomic E-state index is 0.574. The highest BCUT2D eigenvalue weighted by Crippen LogP contribution is 2.18. The largest absolute Gasteiger partial charge is 0.493 e. The van der Waals surface area contributed by atoms with Gasteiger partial charge in [-0.05, 0) is 44.9 Å². The van der Waals surface area contributed by atoms with E-state index in [1.165, 1.54) is 5.56 Å². The Morgan fingerprint density at radius 1 is 1.31 bits per heavy atom. The smallest absolute Gasteiger partial charge is 0.122 e. The molecule has 1 rings (SSSR count). The lowest BCUT2D eigenvalue weighted by Gasteiger charge is -2.12. The van der Waals surface area contributed by atoms with Gasteiger partial charge < -0.3 is 10.1 Å². The van der Waals surface area contributed by atoms with Gasteiger partial charge in [-0.25, -0.2) is 0 Å². The first-order valence-electron chi connectivity index (χ1n) is 6.16. The maximum Gasteiger partial charge on any atom is 0.122 e. The average Bonchev–Trinajstić information content (AvgIpc) is 2.34. The van der Waals surface area contributed by atoms with Gasteiger partial charge in [-0.15, -0.1) is 0 Å². The van der Waals surface area contributed by atoms with Gasteiger partial charge in [0.1, 0.15) is 5.75 Å². The van der Waals surface area contributed by atoms with Crippen molar-refractivity contribution in [2.45, 2.75) is 39.2 Å². The summed E-state index contributed by atoms with van der Waals surface area (Å²) in [4.78, 5) is 0. The van der Waals surface area contributed by atoms with Crippen LogP contribution in [0, 0.1) is 0 Å². The Balaban J connectivity index is 2.31. The highest BCUT2D eigenvalue weighted by atomic mass is 16.5. The van der Waals surface area contributed by atoms with Crippen molar-refractivity contribution in [3.63, 3.8) is 0 Å². The fourth-order valence-corrected chi connectivity index (χ4v) is 1.65. The Labute approximate surface area is 99.0 Å². The lowest BCUT2D eigenvalue weighted by Crippen LogP contribution is -2.21. The molecule has 1 N–H and O–H groups in total. The summed E-state index contributed by atoms with van der Waals surface area (Å²) in [6.07, 6.45) is 3.29. The monoisotopic (exact) mass is 221 g/mol. The van der Waals surface area contributed by atoms with Crippen molar-refractivity contribution in [2.75, 3.05) is 13.7 Å². The molecule has 1 atom stereocenters. The van der Waals surface area contributed by atoms with Crippen molar-refractivity contribution >= 4 is 0 Å². The average molecular weight is 221 g/mol. The highest BCUT2D eigenvalue weighted by molar-refractivity contribution is 5.33. The van der Waals surface area contributed by atoms with Crippen LogP contribution in [0.1, 0.15) is 32.3 Å². The van der Waals surface area contributed by atoms with E-state index in [0.29, 0.717) is 6.04 Å². The maximum absolute atomic E-state index is 5.80. The van der Waals surface area contributed by atoms with E-state index in [4.69, 9.17) is 4.74 Å². The van der Waals surface area contributed by atoms with Crippen molar-refractivity contribution in [3.8, 4) is 5.75 Å². The van der Waals surface area contributed by atoms with Crippen LogP contribution >= 0.6 is 0 Å². The summed E-state index contributed by atoms with van der Waals surface area (Å²) in [5.41, 5.74) is 1.30. The SMILES string of the molecule is CCc1ccccc1OCCCC(C)NC. The van der Waals surface area contributed by atoms with E-state index < -0.39 is 0 Å². The third-order valence-electron chi connectivity index (χ3n) is 2.89. The van der Waals surface area contributed by atoms with Gasteiger partial charge in [0.05, 0.1) is 6.61 Å². The summed E-state index contributed by atoms with van der Waals surface area (Å²) in [5.74, 6) is 1.04. The Kier molecular flexibility index (Phi) is 5.94. The van der Waals surface area contributed by atoms with Gasteiger partial charge in [0.15, 0.2) is 0 Å². The van der Waals surface area contributed by atoms with Gasteiger partial charge in [-0.1, -0.05) is 25.1 Å². The van der Waals surface area contributed by atoms with E-state index >= 15 is 0 Å². The van der Waals surface area contributed by atoms with Crippen molar-refractivity contribution < 1.29 is 4.74 Å². The molecule has 0 aromatic heterocycles. The van der Waals surface area contributed by atoms with Crippen molar-refractivity contribution in [1.29, 1.82) is 0 Å². The van der Waals surface area contributed by atoms with Crippen LogP contribution in [0.15, 0.2) is 24.3 Å². The van der Waals surface area contributed by atoms with Gasteiger partial charge >= 0.3 is 0 Å². The molecule has 0 aliphatic carbocycles. The minimum Gasteiger partial charge on any atom is -0.493 e. The number of ether oxygens (including phenoxy) is 1. The van der Waals surface area contributed by atoms with Crippen LogP contribution in [0.4, 0.5) is 0 Å². The van der Waals surface area contributed by atoms with E-state index in [9.17, 15) is 0 Å². The number of benzene rings is 1. The highest BCUT2D eigenvalue weighted by Gasteiger charge is 2.01. The van der Waals surface area contributed by atoms with Crippen LogP contribution in [0.5, 0.6) is 5.75 Å². The predicted molar refractivity (Wildman–Crippen MR) is 69.1 cm³/mol. The second-order valence-corrected chi connectivity index (χ2v) is 4.14. The zero-order valence-electron chi connectivity index (χ0n) is 10.6. The van der Waals surface area contributed by atoms with E-state index in [1.54, 1.807) is 0 Å². The lowest BCUT2D eigenvalue weighted by molar-refractivity contribution is 0.297. The van der Waals surface area contributed by atoms with E-state index in [-0.39, 0.29) is 0 Å². The third kappa shape index (κ3) is 4.23. The number of rotatable bonds is 7. The maximum atomic E-state index is 5.80. The van der Waals surface area contributed by atoms with Gasteiger partial charge in [0.2, 0.25) is 0 Å². The molecule has 0 saturated heterocycles. The van der Waals surface area contributed by atoms with Crippen molar-refractivity contribution in [1.82, 2.24) is 5.32 Å². The Hall–Kier alpha value is -1.02. The van der Waals surface area contributed by atoms with Crippen LogP contribution < -0.4 is 10.1 Å². The predicted octanol–water partition coefficient (Wildman–Crippen LogP) is 3.02. The van der Waals surface area contributed by atoms with Crippen LogP contribution in [-0.2, 0) is 6.42 Å². The molecule has 1 aromatic carbocycles. The number of hydrogen-bond donors (Lipinski definition) is 1. The number of hydrogen-bond acceptors (Lipinski definition) is 2. The van der Waals surface area contributed by atoms with Crippen molar-refractivity contribution in [3.05, 3.63) is 29.8 Å². The molecular weight excluding hydrogens is 198 g/mol. The van der Waals surface area contributed by atoms with Crippen LogP contribution in [0.3, 0.4) is 0 Å². The standard InChI is InChI=1S/C14H23NO/c1-4-13-9-5-6-10-14(13)16-11-7-8-12(2)15-3/h5-6,9-10,12,15H,4,7-8,11H2,1-3H3. The molecule has 1 unspecified atom stereocenters. The summed E-state index contributed by atoms with van der Waals surface area (Å²) in [7, 11) is 2.00. The normalized spacial score (nSPS) is 12.4. The van der Waals surface area contributed by atoms with Gasteiger partial charge in [-0.2, -0.15) is 0 Å². The molecule has 0 fully saturated rings. The molecule has 16 heavy (non-hydrogen) atoms. The van der Waals surface area contributed by atoms with Gasteiger partial charge in [0.25, 0.3) is 0 Å². The molecule has 0 spiro atoms. The fourth-order valence-electron chi connectivity index (χ4n) is 1.65. The Bertz CT molecular complexity index is 299. The fraction of sp³-hybridized carbons (Fsp3) is 0.571. The molecular formula is C14H23NO. The second kappa shape index (κ2) is 7.29. The second-order valence-electron chi connectivity index (χ2n) is 4.14. The first kappa shape index (κ1) is 13.0. The summed E-state index contributed by atoms with van der Waals surface area (Å²) >= 11 is 0. The first-order valence-corrected chi connectivity index (χ1v) is 6.16. The van der Waals surface area contributed by atoms with Crippen LogP contribution in [0.25, 0.3) is 0 Å². The molecule has 2 nitrogen and oxygen atoms in total. The zero-order chi connectivity index (χ0) is 11.8. The van der Waals surface area contributed by atoms with E-state index in [2.05, 4.69) is 37.4 Å². The number of aryl methyl sites for hydroxylation is 1. The number of para-hydroxylation sites is 1. The minimum absolute atomic E-state index is 0.574. The van der Waals surface area contributed by atoms with Crippen LogP contribution in [-0.4, -0.2) is 19.7 Å². The quantitative estimate of drug-likeness (QED) is 0.715. The van der Waals surface area contributed by atoms with Crippen LogP contribution in [0.2, 0.25) is 0 Å². The topological polar surface area (TPSA) is 21.3 Å². The van der Waals surface area contributed by atoms with Gasteiger partial charge in [-0.3, -0.25) is 0 Å². The summed E-state index contributed by atoms with van der Waals surface area (Å²) in [6.45, 7) is 5.16. The molecule has 0 aliphatic rings. The van der Waals surface area contributed by atoms with Gasteiger partial charge in [0, 0.05) is 6.04 Å². The zero-order valence-corrected chi connectivity index (χ0v) is 10.6. The molecule has 0 radical (unpaired) electrons. The number of nitrogens with one attached hydrogen (secondary N) is 1. The first-order chi connectivity index (χ1) is 7.77.